The summed E-state index contributed by atoms with van der Waals surface area (Å²) in [4.78, 5) is 33.6. The highest BCUT2D eigenvalue weighted by atomic mass is 16.4. The molecule has 0 aromatic heterocycles. The van der Waals surface area contributed by atoms with Crippen LogP contribution in [0.2, 0.25) is 0 Å². The summed E-state index contributed by atoms with van der Waals surface area (Å²) in [6.07, 6.45) is 0.0756. The zero-order valence-corrected chi connectivity index (χ0v) is 11.2. The van der Waals surface area contributed by atoms with E-state index in [9.17, 15) is 14.4 Å². The molecule has 1 rings (SSSR count). The first-order valence-corrected chi connectivity index (χ1v) is 6.24. The minimum atomic E-state index is -0.992. The van der Waals surface area contributed by atoms with Gasteiger partial charge < -0.3 is 5.11 Å². The standard InChI is InChI=1S/C15H18O4/c1-10-3-4-12(9-11(10)2)14(17)7-5-13(16)6-8-15(18)19/h3-4,9H,5-8H2,1-2H3,(H,18,19). The molecule has 0 aliphatic carbocycles. The topological polar surface area (TPSA) is 71.4 Å². The molecule has 0 saturated carbocycles. The summed E-state index contributed by atoms with van der Waals surface area (Å²) in [6, 6.07) is 5.46. The van der Waals surface area contributed by atoms with Crippen molar-refractivity contribution >= 4 is 17.5 Å². The van der Waals surface area contributed by atoms with Crippen molar-refractivity contribution in [2.24, 2.45) is 0 Å². The molecule has 0 bridgehead atoms. The second-order valence-corrected chi connectivity index (χ2v) is 4.65. The van der Waals surface area contributed by atoms with Crippen molar-refractivity contribution in [3.05, 3.63) is 34.9 Å². The van der Waals surface area contributed by atoms with Gasteiger partial charge in [0.25, 0.3) is 0 Å². The Balaban J connectivity index is 2.49. The molecule has 0 amide bonds. The predicted molar refractivity (Wildman–Crippen MR) is 71.4 cm³/mol. The molecule has 0 unspecified atom stereocenters. The number of carboxylic acids is 1. The Kier molecular flexibility index (Phi) is 5.42. The number of hydrogen-bond acceptors (Lipinski definition) is 3. The summed E-state index contributed by atoms with van der Waals surface area (Å²) < 4.78 is 0. The van der Waals surface area contributed by atoms with E-state index >= 15 is 0 Å². The highest BCUT2D eigenvalue weighted by Gasteiger charge is 2.11. The van der Waals surface area contributed by atoms with E-state index in [1.807, 2.05) is 26.0 Å². The third-order valence-electron chi connectivity index (χ3n) is 3.08. The van der Waals surface area contributed by atoms with Gasteiger partial charge in [-0.25, -0.2) is 0 Å². The highest BCUT2D eigenvalue weighted by molar-refractivity contribution is 5.98. The van der Waals surface area contributed by atoms with Crippen LogP contribution >= 0.6 is 0 Å². The first-order chi connectivity index (χ1) is 8.90. The molecule has 1 aromatic rings. The van der Waals surface area contributed by atoms with Crippen LogP contribution < -0.4 is 0 Å². The molecule has 0 saturated heterocycles. The van der Waals surface area contributed by atoms with Crippen molar-refractivity contribution in [3.63, 3.8) is 0 Å². The van der Waals surface area contributed by atoms with Crippen molar-refractivity contribution in [1.29, 1.82) is 0 Å². The van der Waals surface area contributed by atoms with Crippen LogP contribution in [0, 0.1) is 13.8 Å². The van der Waals surface area contributed by atoms with Gasteiger partial charge >= 0.3 is 5.97 Å². The molecular weight excluding hydrogens is 244 g/mol. The highest BCUT2D eigenvalue weighted by Crippen LogP contribution is 2.13. The molecule has 4 heteroatoms. The maximum atomic E-state index is 11.9. The number of aliphatic carboxylic acids is 1. The molecule has 0 heterocycles. The molecule has 4 nitrogen and oxygen atoms in total. The maximum Gasteiger partial charge on any atom is 0.303 e. The van der Waals surface area contributed by atoms with Crippen molar-refractivity contribution in [1.82, 2.24) is 0 Å². The number of carbonyl (C=O) groups is 3. The second-order valence-electron chi connectivity index (χ2n) is 4.65. The molecule has 0 radical (unpaired) electrons. The molecule has 0 aliphatic heterocycles. The Morgan fingerprint density at radius 1 is 0.947 bits per heavy atom. The summed E-state index contributed by atoms with van der Waals surface area (Å²) in [5.41, 5.74) is 2.77. The summed E-state index contributed by atoms with van der Waals surface area (Å²) >= 11 is 0. The third kappa shape index (κ3) is 5.04. The summed E-state index contributed by atoms with van der Waals surface area (Å²) in [5, 5.41) is 8.46. The fraction of sp³-hybridized carbons (Fsp3) is 0.400. The number of benzene rings is 1. The number of aryl methyl sites for hydroxylation is 2. The van der Waals surface area contributed by atoms with E-state index in [1.54, 1.807) is 6.07 Å². The summed E-state index contributed by atoms with van der Waals surface area (Å²) in [5.74, 6) is -1.25. The predicted octanol–water partition coefficient (Wildman–Crippen LogP) is 2.70. The van der Waals surface area contributed by atoms with Crippen LogP contribution in [0.4, 0.5) is 0 Å². The fourth-order valence-electron chi connectivity index (χ4n) is 1.68. The van der Waals surface area contributed by atoms with Crippen LogP contribution in [-0.4, -0.2) is 22.6 Å². The van der Waals surface area contributed by atoms with Gasteiger partial charge in [0.1, 0.15) is 5.78 Å². The summed E-state index contributed by atoms with van der Waals surface area (Å²) in [7, 11) is 0. The van der Waals surface area contributed by atoms with Crippen LogP contribution in [0.5, 0.6) is 0 Å². The first kappa shape index (κ1) is 15.1. The van der Waals surface area contributed by atoms with Gasteiger partial charge in [0.2, 0.25) is 0 Å². The molecule has 0 atom stereocenters. The summed E-state index contributed by atoms with van der Waals surface area (Å²) in [6.45, 7) is 3.91. The number of carboxylic acid groups (broad SMARTS) is 1. The van der Waals surface area contributed by atoms with E-state index in [-0.39, 0.29) is 37.2 Å². The van der Waals surface area contributed by atoms with Gasteiger partial charge in [-0.1, -0.05) is 12.1 Å². The average Bonchev–Trinajstić information content (AvgIpc) is 2.36. The molecule has 19 heavy (non-hydrogen) atoms. The van der Waals surface area contributed by atoms with Gasteiger partial charge in [0.15, 0.2) is 5.78 Å². The van der Waals surface area contributed by atoms with E-state index in [1.165, 1.54) is 0 Å². The third-order valence-corrected chi connectivity index (χ3v) is 3.08. The number of carbonyl (C=O) groups excluding carboxylic acids is 2. The lowest BCUT2D eigenvalue weighted by Crippen LogP contribution is -2.07. The Bertz CT molecular complexity index is 503. The van der Waals surface area contributed by atoms with Crippen LogP contribution in [0.3, 0.4) is 0 Å². The number of ketones is 2. The molecule has 0 fully saturated rings. The molecule has 0 aliphatic rings. The molecule has 1 aromatic carbocycles. The van der Waals surface area contributed by atoms with Gasteiger partial charge in [-0.05, 0) is 31.0 Å². The zero-order valence-electron chi connectivity index (χ0n) is 11.2. The Morgan fingerprint density at radius 3 is 2.16 bits per heavy atom. The smallest absolute Gasteiger partial charge is 0.303 e. The largest absolute Gasteiger partial charge is 0.481 e. The number of Topliss-reactive ketones (excluding diaryl/α,β-unsaturated/α-hetero) is 2. The molecule has 102 valence electrons. The lowest BCUT2D eigenvalue weighted by Gasteiger charge is -2.04. The van der Waals surface area contributed by atoms with Crippen molar-refractivity contribution in [2.75, 3.05) is 0 Å². The Morgan fingerprint density at radius 2 is 1.58 bits per heavy atom. The van der Waals surface area contributed by atoms with Gasteiger partial charge in [0.05, 0.1) is 6.42 Å². The minimum absolute atomic E-state index is 0.00443. The maximum absolute atomic E-state index is 11.9. The van der Waals surface area contributed by atoms with E-state index in [0.29, 0.717) is 5.56 Å². The second kappa shape index (κ2) is 6.83. The van der Waals surface area contributed by atoms with E-state index in [2.05, 4.69) is 0 Å². The monoisotopic (exact) mass is 262 g/mol. The molecule has 0 spiro atoms. The molecule has 1 N–H and O–H groups in total. The number of hydrogen-bond donors (Lipinski definition) is 1. The van der Waals surface area contributed by atoms with Gasteiger partial charge in [-0.3, -0.25) is 14.4 Å². The number of rotatable bonds is 7. The quantitative estimate of drug-likeness (QED) is 0.767. The van der Waals surface area contributed by atoms with Crippen LogP contribution in [0.25, 0.3) is 0 Å². The lowest BCUT2D eigenvalue weighted by molar-refractivity contribution is -0.138. The zero-order chi connectivity index (χ0) is 14.4. The SMILES string of the molecule is Cc1ccc(C(=O)CCC(=O)CCC(=O)O)cc1C. The molecular formula is C15H18O4. The van der Waals surface area contributed by atoms with Crippen molar-refractivity contribution in [3.8, 4) is 0 Å². The fourth-order valence-corrected chi connectivity index (χ4v) is 1.68. The Hall–Kier alpha value is -1.97. The van der Waals surface area contributed by atoms with Crippen LogP contribution in [0.1, 0.15) is 47.2 Å². The van der Waals surface area contributed by atoms with Crippen molar-refractivity contribution in [2.45, 2.75) is 39.5 Å². The lowest BCUT2D eigenvalue weighted by atomic mass is 10.00. The Labute approximate surface area is 112 Å². The van der Waals surface area contributed by atoms with Gasteiger partial charge in [-0.2, -0.15) is 0 Å². The van der Waals surface area contributed by atoms with E-state index in [0.717, 1.165) is 11.1 Å². The van der Waals surface area contributed by atoms with Crippen molar-refractivity contribution < 1.29 is 19.5 Å². The van der Waals surface area contributed by atoms with Gasteiger partial charge in [-0.15, -0.1) is 0 Å². The minimum Gasteiger partial charge on any atom is -0.481 e. The van der Waals surface area contributed by atoms with Crippen LogP contribution in [-0.2, 0) is 9.59 Å². The van der Waals surface area contributed by atoms with E-state index in [4.69, 9.17) is 5.11 Å². The van der Waals surface area contributed by atoms with Crippen LogP contribution in [0.15, 0.2) is 18.2 Å². The van der Waals surface area contributed by atoms with E-state index < -0.39 is 5.97 Å². The van der Waals surface area contributed by atoms with Gasteiger partial charge in [0, 0.05) is 24.8 Å². The first-order valence-electron chi connectivity index (χ1n) is 6.24. The average molecular weight is 262 g/mol. The normalized spacial score (nSPS) is 10.2.